The van der Waals surface area contributed by atoms with Crippen LogP contribution in [0.4, 0.5) is 0 Å². The largest absolute Gasteiger partial charge is 0.500 e. The van der Waals surface area contributed by atoms with Crippen LogP contribution in [0.3, 0.4) is 0 Å². The molecule has 1 amide bonds. The number of amides is 1. The molecule has 0 fully saturated rings. The predicted octanol–water partition coefficient (Wildman–Crippen LogP) is 0.614. The lowest BCUT2D eigenvalue weighted by Gasteiger charge is -2.16. The summed E-state index contributed by atoms with van der Waals surface area (Å²) in [5.74, 6) is -0.905. The molecular weight excluding hydrogens is 198 g/mol. The number of carboxylic acids is 1. The fraction of sp³-hybridized carbons (Fsp3) is 0.600. The molecule has 1 rings (SSSR count). The lowest BCUT2D eigenvalue weighted by atomic mass is 10.2. The SMILES string of the molecule is CN(CCCC(=O)O)C(=O)C1=COCC1. The summed E-state index contributed by atoms with van der Waals surface area (Å²) >= 11 is 0. The Kier molecular flexibility index (Phi) is 4.15. The number of hydrogen-bond acceptors (Lipinski definition) is 3. The molecule has 0 aromatic carbocycles. The van der Waals surface area contributed by atoms with E-state index in [1.807, 2.05) is 0 Å². The first-order valence-electron chi connectivity index (χ1n) is 4.89. The van der Waals surface area contributed by atoms with E-state index in [2.05, 4.69) is 0 Å². The van der Waals surface area contributed by atoms with Crippen LogP contribution >= 0.6 is 0 Å². The van der Waals surface area contributed by atoms with Crippen molar-refractivity contribution < 1.29 is 19.4 Å². The third kappa shape index (κ3) is 3.61. The second-order valence-corrected chi connectivity index (χ2v) is 3.49. The van der Waals surface area contributed by atoms with Gasteiger partial charge in [-0.3, -0.25) is 9.59 Å². The van der Waals surface area contributed by atoms with Gasteiger partial charge in [0.25, 0.3) is 5.91 Å². The topological polar surface area (TPSA) is 66.8 Å². The van der Waals surface area contributed by atoms with Crippen molar-refractivity contribution in [3.05, 3.63) is 11.8 Å². The van der Waals surface area contributed by atoms with Crippen molar-refractivity contribution in [2.24, 2.45) is 0 Å². The van der Waals surface area contributed by atoms with Crippen molar-refractivity contribution in [1.82, 2.24) is 4.90 Å². The number of nitrogens with zero attached hydrogens (tertiary/aromatic N) is 1. The van der Waals surface area contributed by atoms with Crippen molar-refractivity contribution in [1.29, 1.82) is 0 Å². The van der Waals surface area contributed by atoms with Gasteiger partial charge in [-0.05, 0) is 6.42 Å². The van der Waals surface area contributed by atoms with E-state index in [1.54, 1.807) is 7.05 Å². The van der Waals surface area contributed by atoms with Crippen LogP contribution in [0.5, 0.6) is 0 Å². The highest BCUT2D eigenvalue weighted by molar-refractivity contribution is 5.93. The zero-order valence-electron chi connectivity index (χ0n) is 8.73. The summed E-state index contributed by atoms with van der Waals surface area (Å²) in [6, 6.07) is 0. The first kappa shape index (κ1) is 11.6. The molecule has 0 aliphatic carbocycles. The van der Waals surface area contributed by atoms with Gasteiger partial charge in [0.15, 0.2) is 0 Å². The maximum absolute atomic E-state index is 11.7. The summed E-state index contributed by atoms with van der Waals surface area (Å²) in [6.45, 7) is 1.02. The second-order valence-electron chi connectivity index (χ2n) is 3.49. The van der Waals surface area contributed by atoms with Crippen LogP contribution in [0.15, 0.2) is 11.8 Å². The number of carbonyl (C=O) groups is 2. The Balaban J connectivity index is 2.29. The fourth-order valence-electron chi connectivity index (χ4n) is 1.36. The van der Waals surface area contributed by atoms with E-state index in [1.165, 1.54) is 11.2 Å². The minimum atomic E-state index is -0.834. The molecule has 0 saturated heterocycles. The Bertz CT molecular complexity index is 285. The number of carbonyl (C=O) groups excluding carboxylic acids is 1. The Morgan fingerprint density at radius 3 is 2.87 bits per heavy atom. The molecule has 0 spiro atoms. The normalized spacial score (nSPS) is 14.3. The van der Waals surface area contributed by atoms with Crippen molar-refractivity contribution in [2.75, 3.05) is 20.2 Å². The average molecular weight is 213 g/mol. The Hall–Kier alpha value is -1.52. The minimum Gasteiger partial charge on any atom is -0.500 e. The van der Waals surface area contributed by atoms with Crippen LogP contribution in [-0.2, 0) is 14.3 Å². The molecule has 84 valence electrons. The van der Waals surface area contributed by atoms with Crippen molar-refractivity contribution >= 4 is 11.9 Å². The fourth-order valence-corrected chi connectivity index (χ4v) is 1.36. The molecule has 1 N–H and O–H groups in total. The minimum absolute atomic E-state index is 0.0714. The van der Waals surface area contributed by atoms with E-state index in [0.29, 0.717) is 31.6 Å². The molecule has 15 heavy (non-hydrogen) atoms. The van der Waals surface area contributed by atoms with Gasteiger partial charge in [-0.25, -0.2) is 0 Å². The van der Waals surface area contributed by atoms with Crippen LogP contribution < -0.4 is 0 Å². The molecule has 5 nitrogen and oxygen atoms in total. The molecule has 1 aliphatic heterocycles. The Morgan fingerprint density at radius 2 is 2.33 bits per heavy atom. The van der Waals surface area contributed by atoms with Crippen molar-refractivity contribution in [3.63, 3.8) is 0 Å². The van der Waals surface area contributed by atoms with Gasteiger partial charge in [0, 0.05) is 26.4 Å². The first-order valence-corrected chi connectivity index (χ1v) is 4.89. The van der Waals surface area contributed by atoms with Gasteiger partial charge < -0.3 is 14.7 Å². The number of hydrogen-bond donors (Lipinski definition) is 1. The van der Waals surface area contributed by atoms with Gasteiger partial charge in [0.1, 0.15) is 0 Å². The number of rotatable bonds is 5. The Morgan fingerprint density at radius 1 is 1.60 bits per heavy atom. The van der Waals surface area contributed by atoms with Crippen LogP contribution in [-0.4, -0.2) is 42.1 Å². The molecule has 0 aromatic heterocycles. The predicted molar refractivity (Wildman–Crippen MR) is 53.2 cm³/mol. The number of aliphatic carboxylic acids is 1. The zero-order chi connectivity index (χ0) is 11.3. The molecule has 1 heterocycles. The quantitative estimate of drug-likeness (QED) is 0.726. The maximum atomic E-state index is 11.7. The highest BCUT2D eigenvalue weighted by Crippen LogP contribution is 2.12. The molecule has 1 aliphatic rings. The van der Waals surface area contributed by atoms with E-state index in [0.717, 1.165) is 0 Å². The van der Waals surface area contributed by atoms with Crippen molar-refractivity contribution in [2.45, 2.75) is 19.3 Å². The lowest BCUT2D eigenvalue weighted by molar-refractivity contribution is -0.137. The summed E-state index contributed by atoms with van der Waals surface area (Å²) in [6.07, 6.45) is 2.69. The molecule has 0 saturated carbocycles. The molecule has 0 unspecified atom stereocenters. The van der Waals surface area contributed by atoms with Gasteiger partial charge in [0.05, 0.1) is 18.4 Å². The molecule has 0 atom stereocenters. The second kappa shape index (κ2) is 5.38. The average Bonchev–Trinajstić information content (AvgIpc) is 2.68. The highest BCUT2D eigenvalue weighted by atomic mass is 16.5. The smallest absolute Gasteiger partial charge is 0.303 e. The molecule has 0 bridgehead atoms. The number of ether oxygens (including phenoxy) is 1. The molecule has 5 heteroatoms. The van der Waals surface area contributed by atoms with E-state index in [9.17, 15) is 9.59 Å². The number of carboxylic acid groups (broad SMARTS) is 1. The van der Waals surface area contributed by atoms with Crippen LogP contribution in [0, 0.1) is 0 Å². The van der Waals surface area contributed by atoms with E-state index < -0.39 is 5.97 Å². The Labute approximate surface area is 88.3 Å². The molecule has 0 radical (unpaired) electrons. The molecule has 0 aromatic rings. The van der Waals surface area contributed by atoms with E-state index in [4.69, 9.17) is 9.84 Å². The van der Waals surface area contributed by atoms with Crippen LogP contribution in [0.25, 0.3) is 0 Å². The van der Waals surface area contributed by atoms with E-state index >= 15 is 0 Å². The highest BCUT2D eigenvalue weighted by Gasteiger charge is 2.18. The monoisotopic (exact) mass is 213 g/mol. The standard InChI is InChI=1S/C10H15NO4/c1-11(5-2-3-9(12)13)10(14)8-4-6-15-7-8/h7H,2-6H2,1H3,(H,12,13). The van der Waals surface area contributed by atoms with Crippen LogP contribution in [0.1, 0.15) is 19.3 Å². The van der Waals surface area contributed by atoms with Gasteiger partial charge in [-0.15, -0.1) is 0 Å². The van der Waals surface area contributed by atoms with Crippen LogP contribution in [0.2, 0.25) is 0 Å². The summed E-state index contributed by atoms with van der Waals surface area (Å²) in [5, 5.41) is 8.44. The van der Waals surface area contributed by atoms with E-state index in [-0.39, 0.29) is 12.3 Å². The third-order valence-electron chi connectivity index (χ3n) is 2.22. The van der Waals surface area contributed by atoms with Gasteiger partial charge in [0.2, 0.25) is 0 Å². The van der Waals surface area contributed by atoms with Gasteiger partial charge in [-0.1, -0.05) is 0 Å². The summed E-state index contributed by atoms with van der Waals surface area (Å²) in [5.41, 5.74) is 0.660. The van der Waals surface area contributed by atoms with Crippen molar-refractivity contribution in [3.8, 4) is 0 Å². The maximum Gasteiger partial charge on any atom is 0.303 e. The van der Waals surface area contributed by atoms with Gasteiger partial charge in [-0.2, -0.15) is 0 Å². The molecular formula is C10H15NO4. The zero-order valence-corrected chi connectivity index (χ0v) is 8.73. The van der Waals surface area contributed by atoms with Gasteiger partial charge >= 0.3 is 5.97 Å². The summed E-state index contributed by atoms with van der Waals surface area (Å²) in [4.78, 5) is 23.5. The summed E-state index contributed by atoms with van der Waals surface area (Å²) in [7, 11) is 1.67. The summed E-state index contributed by atoms with van der Waals surface area (Å²) < 4.78 is 4.97. The third-order valence-corrected chi connectivity index (χ3v) is 2.22. The first-order chi connectivity index (χ1) is 7.11. The number of likely N-dealkylation sites (N-methyl/N-ethyl adjacent to an activating group) is 1. The lowest BCUT2D eigenvalue weighted by Crippen LogP contribution is -2.29.